The van der Waals surface area contributed by atoms with Gasteiger partial charge in [-0.3, -0.25) is 0 Å². The highest BCUT2D eigenvalue weighted by molar-refractivity contribution is 6.30. The second kappa shape index (κ2) is 5.63. The fourth-order valence-electron chi connectivity index (χ4n) is 3.41. The molecule has 1 aliphatic carbocycles. The second-order valence-corrected chi connectivity index (χ2v) is 6.60. The van der Waals surface area contributed by atoms with Crippen LogP contribution in [-0.2, 0) is 0 Å². The summed E-state index contributed by atoms with van der Waals surface area (Å²) in [5.41, 5.74) is 1.79. The van der Waals surface area contributed by atoms with Gasteiger partial charge in [0, 0.05) is 11.1 Å². The Labute approximate surface area is 116 Å². The molecule has 0 spiro atoms. The van der Waals surface area contributed by atoms with E-state index in [2.05, 4.69) is 38.3 Å². The fourth-order valence-corrected chi connectivity index (χ4v) is 3.54. The Morgan fingerprint density at radius 3 is 2.44 bits per heavy atom. The zero-order valence-corrected chi connectivity index (χ0v) is 12.4. The highest BCUT2D eigenvalue weighted by atomic mass is 35.5. The van der Waals surface area contributed by atoms with Crippen LogP contribution in [0.3, 0.4) is 0 Å². The van der Waals surface area contributed by atoms with Crippen LogP contribution in [0, 0.1) is 11.3 Å². The summed E-state index contributed by atoms with van der Waals surface area (Å²) in [4.78, 5) is 0. The van der Waals surface area contributed by atoms with Gasteiger partial charge in [-0.1, -0.05) is 50.4 Å². The topological polar surface area (TPSA) is 12.0 Å². The molecule has 0 amide bonds. The van der Waals surface area contributed by atoms with E-state index >= 15 is 0 Å². The Hall–Kier alpha value is -0.530. The van der Waals surface area contributed by atoms with Crippen LogP contribution in [0.2, 0.25) is 5.02 Å². The molecule has 1 aliphatic rings. The highest BCUT2D eigenvalue weighted by Crippen LogP contribution is 2.46. The summed E-state index contributed by atoms with van der Waals surface area (Å²) in [5, 5.41) is 4.34. The van der Waals surface area contributed by atoms with Crippen molar-refractivity contribution in [3.63, 3.8) is 0 Å². The Morgan fingerprint density at radius 2 is 1.89 bits per heavy atom. The Balaban J connectivity index is 2.24. The van der Waals surface area contributed by atoms with Crippen molar-refractivity contribution in [2.45, 2.75) is 45.6 Å². The molecule has 1 aromatic rings. The molecule has 18 heavy (non-hydrogen) atoms. The van der Waals surface area contributed by atoms with Crippen LogP contribution in [0.4, 0.5) is 0 Å². The number of hydrogen-bond donors (Lipinski definition) is 1. The molecule has 0 heterocycles. The molecule has 2 heteroatoms. The molecule has 1 N–H and O–H groups in total. The molecule has 1 fully saturated rings. The average molecular weight is 266 g/mol. The molecule has 1 saturated carbocycles. The van der Waals surface area contributed by atoms with Crippen molar-refractivity contribution < 1.29 is 0 Å². The lowest BCUT2D eigenvalue weighted by Crippen LogP contribution is -2.37. The Kier molecular flexibility index (Phi) is 4.34. The summed E-state index contributed by atoms with van der Waals surface area (Å²) in [6.45, 7) is 4.83. The summed E-state index contributed by atoms with van der Waals surface area (Å²) < 4.78 is 0. The van der Waals surface area contributed by atoms with Crippen molar-refractivity contribution in [1.82, 2.24) is 5.32 Å². The lowest BCUT2D eigenvalue weighted by molar-refractivity contribution is 0.101. The van der Waals surface area contributed by atoms with Gasteiger partial charge in [0.15, 0.2) is 0 Å². The van der Waals surface area contributed by atoms with Crippen LogP contribution in [0.5, 0.6) is 0 Å². The van der Waals surface area contributed by atoms with Gasteiger partial charge in [0.05, 0.1) is 0 Å². The number of rotatable bonds is 3. The zero-order valence-electron chi connectivity index (χ0n) is 11.7. The molecule has 0 aliphatic heterocycles. The minimum Gasteiger partial charge on any atom is -0.313 e. The van der Waals surface area contributed by atoms with Gasteiger partial charge in [0.25, 0.3) is 0 Å². The lowest BCUT2D eigenvalue weighted by Gasteiger charge is -2.43. The van der Waals surface area contributed by atoms with Gasteiger partial charge in [-0.25, -0.2) is 0 Å². The molecule has 2 rings (SSSR count). The number of halogens is 1. The molecule has 0 radical (unpaired) electrons. The van der Waals surface area contributed by atoms with Crippen molar-refractivity contribution in [3.05, 3.63) is 34.9 Å². The minimum atomic E-state index is 0.422. The van der Waals surface area contributed by atoms with Crippen LogP contribution in [0.1, 0.15) is 51.1 Å². The summed E-state index contributed by atoms with van der Waals surface area (Å²) in [7, 11) is 2.07. The van der Waals surface area contributed by atoms with Crippen molar-refractivity contribution in [1.29, 1.82) is 0 Å². The van der Waals surface area contributed by atoms with Gasteiger partial charge >= 0.3 is 0 Å². The molecule has 0 saturated heterocycles. The summed E-state index contributed by atoms with van der Waals surface area (Å²) in [6.07, 6.45) is 5.39. The summed E-state index contributed by atoms with van der Waals surface area (Å²) in [5.74, 6) is 0.706. The molecule has 0 aromatic heterocycles. The Bertz CT molecular complexity index is 383. The molecule has 0 bridgehead atoms. The molecule has 1 aromatic carbocycles. The van der Waals surface area contributed by atoms with Crippen molar-refractivity contribution in [2.75, 3.05) is 7.05 Å². The second-order valence-electron chi connectivity index (χ2n) is 6.16. The third-order valence-electron chi connectivity index (χ3n) is 4.53. The van der Waals surface area contributed by atoms with Crippen LogP contribution >= 0.6 is 11.6 Å². The van der Waals surface area contributed by atoms with Crippen LogP contribution < -0.4 is 5.32 Å². The third-order valence-corrected chi connectivity index (χ3v) is 4.78. The first kappa shape index (κ1) is 13.9. The molecular formula is C16H24ClN. The molecule has 2 unspecified atom stereocenters. The number of nitrogens with one attached hydrogen (secondary N) is 1. The predicted molar refractivity (Wildman–Crippen MR) is 79.0 cm³/mol. The zero-order chi connectivity index (χ0) is 13.2. The van der Waals surface area contributed by atoms with Crippen LogP contribution in [-0.4, -0.2) is 7.05 Å². The van der Waals surface area contributed by atoms with E-state index in [9.17, 15) is 0 Å². The fraction of sp³-hybridized carbons (Fsp3) is 0.625. The quantitative estimate of drug-likeness (QED) is 0.826. The summed E-state index contributed by atoms with van der Waals surface area (Å²) >= 11 is 5.98. The molecular weight excluding hydrogens is 242 g/mol. The first-order valence-corrected chi connectivity index (χ1v) is 7.35. The van der Waals surface area contributed by atoms with Crippen molar-refractivity contribution >= 4 is 11.6 Å². The average Bonchev–Trinajstić information content (AvgIpc) is 2.34. The van der Waals surface area contributed by atoms with E-state index in [1.165, 1.54) is 31.2 Å². The van der Waals surface area contributed by atoms with Gasteiger partial charge in [-0.15, -0.1) is 0 Å². The molecule has 100 valence electrons. The van der Waals surface area contributed by atoms with Crippen LogP contribution in [0.25, 0.3) is 0 Å². The summed E-state index contributed by atoms with van der Waals surface area (Å²) in [6, 6.07) is 8.76. The van der Waals surface area contributed by atoms with Crippen molar-refractivity contribution in [2.24, 2.45) is 11.3 Å². The van der Waals surface area contributed by atoms with E-state index in [0.717, 1.165) is 5.02 Å². The monoisotopic (exact) mass is 265 g/mol. The van der Waals surface area contributed by atoms with Gasteiger partial charge < -0.3 is 5.32 Å². The van der Waals surface area contributed by atoms with E-state index in [4.69, 9.17) is 11.6 Å². The number of hydrogen-bond acceptors (Lipinski definition) is 1. The van der Waals surface area contributed by atoms with Gasteiger partial charge in [-0.2, -0.15) is 0 Å². The van der Waals surface area contributed by atoms with E-state index in [-0.39, 0.29) is 0 Å². The minimum absolute atomic E-state index is 0.422. The number of benzene rings is 1. The van der Waals surface area contributed by atoms with Crippen molar-refractivity contribution in [3.8, 4) is 0 Å². The first-order chi connectivity index (χ1) is 8.54. The molecule has 2 atom stereocenters. The maximum atomic E-state index is 5.98. The largest absolute Gasteiger partial charge is 0.313 e. The predicted octanol–water partition coefficient (Wildman–Crippen LogP) is 4.82. The van der Waals surface area contributed by atoms with E-state index in [0.29, 0.717) is 17.4 Å². The maximum Gasteiger partial charge on any atom is 0.0406 e. The van der Waals surface area contributed by atoms with Gasteiger partial charge in [0.1, 0.15) is 0 Å². The smallest absolute Gasteiger partial charge is 0.0406 e. The Morgan fingerprint density at radius 1 is 1.22 bits per heavy atom. The lowest BCUT2D eigenvalue weighted by atomic mass is 9.65. The normalized spacial score (nSPS) is 24.8. The van der Waals surface area contributed by atoms with E-state index in [1.54, 1.807) is 0 Å². The highest BCUT2D eigenvalue weighted by Gasteiger charge is 2.37. The van der Waals surface area contributed by atoms with Gasteiger partial charge in [-0.05, 0) is 48.9 Å². The van der Waals surface area contributed by atoms with E-state index in [1.807, 2.05) is 12.1 Å². The SMILES string of the molecule is CNC(c1ccc(Cl)cc1)C1CCCCC1(C)C. The first-order valence-electron chi connectivity index (χ1n) is 6.97. The van der Waals surface area contributed by atoms with E-state index < -0.39 is 0 Å². The van der Waals surface area contributed by atoms with Gasteiger partial charge in [0.2, 0.25) is 0 Å². The molecule has 1 nitrogen and oxygen atoms in total. The standard InChI is InChI=1S/C16H24ClN/c1-16(2)11-5-4-6-14(16)15(18-3)12-7-9-13(17)10-8-12/h7-10,14-15,18H,4-6,11H2,1-3H3. The van der Waals surface area contributed by atoms with Crippen LogP contribution in [0.15, 0.2) is 24.3 Å². The maximum absolute atomic E-state index is 5.98. The third kappa shape index (κ3) is 2.89.